The van der Waals surface area contributed by atoms with Gasteiger partial charge in [-0.25, -0.2) is 0 Å². The lowest BCUT2D eigenvalue weighted by atomic mass is 10.1. The first-order chi connectivity index (χ1) is 11.0. The topological polar surface area (TPSA) is 9.23 Å². The van der Waals surface area contributed by atoms with E-state index in [2.05, 4.69) is 76.0 Å². The first kappa shape index (κ1) is 22.0. The number of rotatable bonds is 13. The van der Waals surface area contributed by atoms with Gasteiger partial charge in [0.05, 0.1) is 5.76 Å². The molecule has 0 N–H and O–H groups in total. The van der Waals surface area contributed by atoms with Gasteiger partial charge >= 0.3 is 0 Å². The quantitative estimate of drug-likeness (QED) is 0.146. The van der Waals surface area contributed by atoms with E-state index in [-0.39, 0.29) is 0 Å². The Bertz CT molecular complexity index is 383. The van der Waals surface area contributed by atoms with Crippen LogP contribution in [0, 0.1) is 0 Å². The van der Waals surface area contributed by atoms with E-state index in [1.165, 1.54) is 37.9 Å². The van der Waals surface area contributed by atoms with Gasteiger partial charge < -0.3 is 4.43 Å². The minimum absolute atomic E-state index is 0.994. The molecule has 0 amide bonds. The molecule has 0 aliphatic heterocycles. The van der Waals surface area contributed by atoms with E-state index in [1.807, 2.05) is 0 Å². The third-order valence-electron chi connectivity index (χ3n) is 3.36. The highest BCUT2D eigenvalue weighted by molar-refractivity contribution is 6.70. The van der Waals surface area contributed by atoms with Crippen LogP contribution in [0.4, 0.5) is 0 Å². The summed E-state index contributed by atoms with van der Waals surface area (Å²) in [5.74, 6) is 1.18. The van der Waals surface area contributed by atoms with Crippen LogP contribution in [0.2, 0.25) is 19.6 Å². The summed E-state index contributed by atoms with van der Waals surface area (Å²) in [6, 6.07) is 0. The van der Waals surface area contributed by atoms with Gasteiger partial charge in [-0.3, -0.25) is 0 Å². The molecule has 0 fully saturated rings. The molecule has 0 heterocycles. The van der Waals surface area contributed by atoms with Crippen molar-refractivity contribution in [3.63, 3.8) is 0 Å². The van der Waals surface area contributed by atoms with Crippen molar-refractivity contribution >= 4 is 8.32 Å². The third-order valence-corrected chi connectivity index (χ3v) is 4.23. The van der Waals surface area contributed by atoms with Crippen LogP contribution < -0.4 is 0 Å². The summed E-state index contributed by atoms with van der Waals surface area (Å²) in [5.41, 5.74) is 0. The predicted octanol–water partition coefficient (Wildman–Crippen LogP) is 7.55. The molecule has 0 unspecified atom stereocenters. The molecule has 0 bridgehead atoms. The fourth-order valence-corrected chi connectivity index (χ4v) is 3.23. The second-order valence-electron chi connectivity index (χ2n) is 6.91. The summed E-state index contributed by atoms with van der Waals surface area (Å²) >= 11 is 0. The molecule has 0 aliphatic rings. The van der Waals surface area contributed by atoms with Crippen LogP contribution in [-0.2, 0) is 4.43 Å². The van der Waals surface area contributed by atoms with E-state index in [4.69, 9.17) is 4.43 Å². The van der Waals surface area contributed by atoms with Crippen LogP contribution in [0.5, 0.6) is 0 Å². The van der Waals surface area contributed by atoms with Crippen LogP contribution in [0.25, 0.3) is 0 Å². The van der Waals surface area contributed by atoms with Gasteiger partial charge in [0, 0.05) is 6.42 Å². The van der Waals surface area contributed by atoms with Gasteiger partial charge in [0.15, 0.2) is 0 Å². The van der Waals surface area contributed by atoms with E-state index in [0.717, 1.165) is 19.3 Å². The number of hydrogen-bond donors (Lipinski definition) is 0. The highest BCUT2D eigenvalue weighted by Gasteiger charge is 2.16. The van der Waals surface area contributed by atoms with Crippen LogP contribution in [-0.4, -0.2) is 8.32 Å². The van der Waals surface area contributed by atoms with E-state index < -0.39 is 8.32 Å². The molecule has 0 spiro atoms. The van der Waals surface area contributed by atoms with Crippen molar-refractivity contribution < 1.29 is 4.43 Å². The molecule has 0 radical (unpaired) electrons. The zero-order chi connectivity index (χ0) is 17.4. The normalized spacial score (nSPS) is 13.7. The van der Waals surface area contributed by atoms with Crippen LogP contribution >= 0.6 is 0 Å². The van der Waals surface area contributed by atoms with Gasteiger partial charge in [-0.05, 0) is 78.1 Å². The van der Waals surface area contributed by atoms with Crippen molar-refractivity contribution in [2.24, 2.45) is 0 Å². The first-order valence-corrected chi connectivity index (χ1v) is 12.7. The summed E-state index contributed by atoms with van der Waals surface area (Å²) < 4.78 is 6.19. The molecule has 0 aliphatic carbocycles. The van der Waals surface area contributed by atoms with E-state index in [9.17, 15) is 0 Å². The Morgan fingerprint density at radius 2 is 1.39 bits per heavy atom. The SMILES string of the molecule is C/C=C/CCCCC/C=C/C/C=C(/CC/C=C/C)O[Si](C)(C)C. The monoisotopic (exact) mass is 334 g/mol. The maximum absolute atomic E-state index is 6.19. The lowest BCUT2D eigenvalue weighted by molar-refractivity contribution is 0.398. The summed E-state index contributed by atoms with van der Waals surface area (Å²) in [6.07, 6.45) is 25.1. The number of unbranched alkanes of at least 4 members (excludes halogenated alkanes) is 4. The highest BCUT2D eigenvalue weighted by Crippen LogP contribution is 2.16. The fraction of sp³-hybridized carbons (Fsp3) is 0.619. The van der Waals surface area contributed by atoms with Crippen molar-refractivity contribution in [2.75, 3.05) is 0 Å². The molecular weight excluding hydrogens is 296 g/mol. The van der Waals surface area contributed by atoms with Crippen LogP contribution in [0.3, 0.4) is 0 Å². The van der Waals surface area contributed by atoms with Crippen molar-refractivity contribution in [1.29, 1.82) is 0 Å². The summed E-state index contributed by atoms with van der Waals surface area (Å²) in [6.45, 7) is 10.9. The summed E-state index contributed by atoms with van der Waals surface area (Å²) in [4.78, 5) is 0. The molecule has 0 aromatic heterocycles. The average molecular weight is 335 g/mol. The molecule has 23 heavy (non-hydrogen) atoms. The largest absolute Gasteiger partial charge is 0.548 e. The summed E-state index contributed by atoms with van der Waals surface area (Å²) in [7, 11) is -1.50. The highest BCUT2D eigenvalue weighted by atomic mass is 28.4. The fourth-order valence-electron chi connectivity index (χ4n) is 2.26. The summed E-state index contributed by atoms with van der Waals surface area (Å²) in [5, 5.41) is 0. The third kappa shape index (κ3) is 17.2. The maximum Gasteiger partial charge on any atom is 0.241 e. The van der Waals surface area contributed by atoms with Crippen molar-refractivity contribution in [2.45, 2.75) is 84.9 Å². The van der Waals surface area contributed by atoms with Gasteiger partial charge in [-0.1, -0.05) is 42.9 Å². The van der Waals surface area contributed by atoms with Gasteiger partial charge in [-0.15, -0.1) is 0 Å². The average Bonchev–Trinajstić information content (AvgIpc) is 2.47. The van der Waals surface area contributed by atoms with Gasteiger partial charge in [0.1, 0.15) is 0 Å². The molecule has 1 nitrogen and oxygen atoms in total. The Morgan fingerprint density at radius 1 is 0.783 bits per heavy atom. The second kappa shape index (κ2) is 14.6. The number of allylic oxidation sites excluding steroid dienone is 8. The Hall–Kier alpha value is -1.02. The van der Waals surface area contributed by atoms with Crippen molar-refractivity contribution in [3.8, 4) is 0 Å². The molecule has 0 aromatic rings. The Kier molecular flexibility index (Phi) is 13.9. The minimum Gasteiger partial charge on any atom is -0.548 e. The minimum atomic E-state index is -1.50. The maximum atomic E-state index is 6.19. The molecule has 0 saturated carbocycles. The Balaban J connectivity index is 4.04. The van der Waals surface area contributed by atoms with Gasteiger partial charge in [0.25, 0.3) is 0 Å². The number of hydrogen-bond acceptors (Lipinski definition) is 1. The van der Waals surface area contributed by atoms with Crippen molar-refractivity contribution in [1.82, 2.24) is 0 Å². The van der Waals surface area contributed by atoms with Gasteiger partial charge in [0.2, 0.25) is 8.32 Å². The molecule has 0 aromatic carbocycles. The van der Waals surface area contributed by atoms with Crippen LogP contribution in [0.1, 0.15) is 65.2 Å². The smallest absolute Gasteiger partial charge is 0.241 e. The Labute approximate surface area is 146 Å². The first-order valence-electron chi connectivity index (χ1n) is 9.25. The standard InChI is InChI=1S/C21H38OSi/c1-6-8-10-11-12-13-14-15-16-18-20-21(19-17-9-7-2)22-23(3,4)5/h6-9,15-16,20H,10-14,17-19H2,1-5H3/b8-6+,9-7+,16-15+,21-20-. The van der Waals surface area contributed by atoms with Gasteiger partial charge in [-0.2, -0.15) is 0 Å². The second-order valence-corrected chi connectivity index (χ2v) is 11.3. The molecule has 0 rings (SSSR count). The zero-order valence-corrected chi connectivity index (χ0v) is 17.1. The molecule has 132 valence electrons. The zero-order valence-electron chi connectivity index (χ0n) is 16.1. The predicted molar refractivity (Wildman–Crippen MR) is 108 cm³/mol. The van der Waals surface area contributed by atoms with Crippen LogP contribution in [0.15, 0.2) is 48.3 Å². The molecule has 0 atom stereocenters. The lowest BCUT2D eigenvalue weighted by Crippen LogP contribution is -2.24. The molecule has 0 saturated heterocycles. The van der Waals surface area contributed by atoms with Crippen molar-refractivity contribution in [3.05, 3.63) is 48.3 Å². The Morgan fingerprint density at radius 3 is 2.00 bits per heavy atom. The molecular formula is C21H38OSi. The molecule has 2 heteroatoms. The van der Waals surface area contributed by atoms with E-state index in [1.54, 1.807) is 0 Å². The lowest BCUT2D eigenvalue weighted by Gasteiger charge is -2.21. The van der Waals surface area contributed by atoms with E-state index >= 15 is 0 Å². The van der Waals surface area contributed by atoms with E-state index in [0.29, 0.717) is 0 Å².